The van der Waals surface area contributed by atoms with E-state index in [-0.39, 0.29) is 5.78 Å². The molecule has 0 N–H and O–H groups in total. The fraction of sp³-hybridized carbons (Fsp3) is 0.346. The second-order valence-corrected chi connectivity index (χ2v) is 8.39. The third kappa shape index (κ3) is 3.69. The molecule has 3 rings (SSSR count). The molecule has 0 aliphatic carbocycles. The van der Waals surface area contributed by atoms with Crippen LogP contribution in [0.2, 0.25) is 0 Å². The Kier molecular flexibility index (Phi) is 5.51. The van der Waals surface area contributed by atoms with E-state index in [9.17, 15) is 4.79 Å². The first-order valence-corrected chi connectivity index (χ1v) is 10.0. The van der Waals surface area contributed by atoms with Crippen LogP contribution in [0.15, 0.2) is 54.6 Å². The largest absolute Gasteiger partial charge is 0.289 e. The molecule has 0 aliphatic heterocycles. The Balaban J connectivity index is 2.30. The average Bonchev–Trinajstić information content (AvgIpc) is 2.65. The molecule has 0 atom stereocenters. The third-order valence-electron chi connectivity index (χ3n) is 5.39. The molecule has 0 saturated carbocycles. The number of carbonyl (C=O) groups is 1. The first-order valence-electron chi connectivity index (χ1n) is 10.0. The van der Waals surface area contributed by atoms with Gasteiger partial charge >= 0.3 is 0 Å². The highest BCUT2D eigenvalue weighted by Gasteiger charge is 2.24. The molecule has 27 heavy (non-hydrogen) atoms. The molecule has 0 bridgehead atoms. The van der Waals surface area contributed by atoms with Gasteiger partial charge in [-0.15, -0.1) is 0 Å². The van der Waals surface area contributed by atoms with Gasteiger partial charge in [-0.3, -0.25) is 4.79 Å². The summed E-state index contributed by atoms with van der Waals surface area (Å²) in [5.74, 6) is 1.20. The van der Waals surface area contributed by atoms with Gasteiger partial charge in [0, 0.05) is 11.1 Å². The normalized spacial score (nSPS) is 11.7. The van der Waals surface area contributed by atoms with E-state index < -0.39 is 0 Å². The van der Waals surface area contributed by atoms with Crippen molar-refractivity contribution in [2.75, 3.05) is 0 Å². The van der Waals surface area contributed by atoms with Crippen molar-refractivity contribution in [1.82, 2.24) is 0 Å². The Hall–Kier alpha value is -2.41. The van der Waals surface area contributed by atoms with Gasteiger partial charge in [0.1, 0.15) is 0 Å². The number of benzene rings is 3. The van der Waals surface area contributed by atoms with E-state index in [2.05, 4.69) is 71.9 Å². The lowest BCUT2D eigenvalue weighted by Crippen LogP contribution is -2.13. The minimum atomic E-state index is 0.148. The molecule has 0 heterocycles. The van der Waals surface area contributed by atoms with E-state index in [1.807, 2.05) is 24.3 Å². The Morgan fingerprint density at radius 1 is 0.704 bits per heavy atom. The first kappa shape index (κ1) is 19.4. The number of hydrogen-bond acceptors (Lipinski definition) is 1. The number of fused-ring (bicyclic) bond motifs is 1. The van der Waals surface area contributed by atoms with Crippen LogP contribution in [0.4, 0.5) is 0 Å². The lowest BCUT2D eigenvalue weighted by molar-refractivity contribution is 0.103. The van der Waals surface area contributed by atoms with Crippen molar-refractivity contribution in [2.24, 2.45) is 0 Å². The number of carbonyl (C=O) groups excluding carboxylic acids is 1. The summed E-state index contributed by atoms with van der Waals surface area (Å²) in [4.78, 5) is 13.8. The summed E-state index contributed by atoms with van der Waals surface area (Å²) in [6.45, 7) is 13.2. The molecule has 0 aromatic heterocycles. The summed E-state index contributed by atoms with van der Waals surface area (Å²) in [6, 6.07) is 18.7. The third-order valence-corrected chi connectivity index (χ3v) is 5.39. The highest BCUT2D eigenvalue weighted by molar-refractivity contribution is 6.17. The van der Waals surface area contributed by atoms with Crippen LogP contribution in [0.3, 0.4) is 0 Å². The number of ketones is 1. The molecule has 1 heteroatoms. The summed E-state index contributed by atoms with van der Waals surface area (Å²) < 4.78 is 0. The topological polar surface area (TPSA) is 17.1 Å². The first-order chi connectivity index (χ1) is 12.8. The predicted octanol–water partition coefficient (Wildman–Crippen LogP) is 7.44. The molecular formula is C26H30O. The Labute approximate surface area is 163 Å². The van der Waals surface area contributed by atoms with Gasteiger partial charge in [0.15, 0.2) is 5.78 Å². The fourth-order valence-electron chi connectivity index (χ4n) is 3.78. The van der Waals surface area contributed by atoms with Crippen LogP contribution in [-0.4, -0.2) is 5.78 Å². The summed E-state index contributed by atoms with van der Waals surface area (Å²) in [5.41, 5.74) is 5.36. The molecule has 1 nitrogen and oxygen atoms in total. The molecule has 0 radical (unpaired) electrons. The molecule has 0 saturated heterocycles. The van der Waals surface area contributed by atoms with Gasteiger partial charge in [-0.1, -0.05) is 96.1 Å². The van der Waals surface area contributed by atoms with Crippen molar-refractivity contribution in [3.8, 4) is 0 Å². The lowest BCUT2D eigenvalue weighted by atomic mass is 9.81. The van der Waals surface area contributed by atoms with Crippen molar-refractivity contribution in [2.45, 2.75) is 59.3 Å². The zero-order chi connectivity index (χ0) is 19.7. The highest BCUT2D eigenvalue weighted by atomic mass is 16.1. The Bertz CT molecular complexity index is 942. The van der Waals surface area contributed by atoms with Gasteiger partial charge in [-0.2, -0.15) is 0 Å². The maximum atomic E-state index is 13.8. The van der Waals surface area contributed by atoms with Gasteiger partial charge in [0.25, 0.3) is 0 Å². The van der Waals surface area contributed by atoms with Crippen LogP contribution in [0.5, 0.6) is 0 Å². The van der Waals surface area contributed by atoms with E-state index in [4.69, 9.17) is 0 Å². The van der Waals surface area contributed by atoms with Gasteiger partial charge < -0.3 is 0 Å². The molecule has 0 amide bonds. The molecule has 0 spiro atoms. The molecule has 3 aromatic rings. The van der Waals surface area contributed by atoms with E-state index in [0.717, 1.165) is 21.9 Å². The van der Waals surface area contributed by atoms with E-state index in [0.29, 0.717) is 17.8 Å². The summed E-state index contributed by atoms with van der Waals surface area (Å²) in [6.07, 6.45) is 0. The van der Waals surface area contributed by atoms with Gasteiger partial charge in [-0.05, 0) is 45.2 Å². The van der Waals surface area contributed by atoms with Crippen LogP contribution in [0.25, 0.3) is 10.8 Å². The maximum Gasteiger partial charge on any atom is 0.194 e. The predicted molar refractivity (Wildman–Crippen MR) is 116 cm³/mol. The van der Waals surface area contributed by atoms with Crippen LogP contribution >= 0.6 is 0 Å². The summed E-state index contributed by atoms with van der Waals surface area (Å²) in [5, 5.41) is 2.14. The zero-order valence-electron chi connectivity index (χ0n) is 17.3. The zero-order valence-corrected chi connectivity index (χ0v) is 17.3. The van der Waals surface area contributed by atoms with Crippen molar-refractivity contribution in [3.63, 3.8) is 0 Å². The smallest absolute Gasteiger partial charge is 0.194 e. The van der Waals surface area contributed by atoms with Crippen LogP contribution < -0.4 is 0 Å². The monoisotopic (exact) mass is 358 g/mol. The SMILES string of the molecule is CC(C)c1cc(C(C)C)c(C(=O)c2cccc3ccccc23)c(C(C)C)c1. The number of rotatable bonds is 5. The lowest BCUT2D eigenvalue weighted by Gasteiger charge is -2.22. The van der Waals surface area contributed by atoms with Crippen molar-refractivity contribution in [3.05, 3.63) is 82.4 Å². The quantitative estimate of drug-likeness (QED) is 0.433. The van der Waals surface area contributed by atoms with Crippen molar-refractivity contribution < 1.29 is 4.79 Å². The van der Waals surface area contributed by atoms with Gasteiger partial charge in [-0.25, -0.2) is 0 Å². The summed E-state index contributed by atoms with van der Waals surface area (Å²) in [7, 11) is 0. The number of hydrogen-bond donors (Lipinski definition) is 0. The molecule has 140 valence electrons. The van der Waals surface area contributed by atoms with Crippen molar-refractivity contribution >= 4 is 16.6 Å². The minimum Gasteiger partial charge on any atom is -0.289 e. The summed E-state index contributed by atoms with van der Waals surface area (Å²) >= 11 is 0. The van der Waals surface area contributed by atoms with Gasteiger partial charge in [0.05, 0.1) is 0 Å². The highest BCUT2D eigenvalue weighted by Crippen LogP contribution is 2.34. The molecule has 0 unspecified atom stereocenters. The van der Waals surface area contributed by atoms with Crippen LogP contribution in [-0.2, 0) is 0 Å². The standard InChI is InChI=1S/C26H30O/c1-16(2)20-14-23(17(3)4)25(24(15-20)18(5)6)26(27)22-13-9-11-19-10-7-8-12-21(19)22/h7-18H,1-6H3. The molecule has 0 aliphatic rings. The second-order valence-electron chi connectivity index (χ2n) is 8.39. The van der Waals surface area contributed by atoms with E-state index >= 15 is 0 Å². The second kappa shape index (κ2) is 7.68. The van der Waals surface area contributed by atoms with E-state index in [1.165, 1.54) is 16.7 Å². The average molecular weight is 359 g/mol. The molecular weight excluding hydrogens is 328 g/mol. The molecule has 0 fully saturated rings. The Morgan fingerprint density at radius 3 is 1.81 bits per heavy atom. The van der Waals surface area contributed by atoms with E-state index in [1.54, 1.807) is 0 Å². The maximum absolute atomic E-state index is 13.8. The van der Waals surface area contributed by atoms with Gasteiger partial charge in [0.2, 0.25) is 0 Å². The Morgan fingerprint density at radius 2 is 1.26 bits per heavy atom. The van der Waals surface area contributed by atoms with Crippen LogP contribution in [0.1, 0.15) is 91.9 Å². The van der Waals surface area contributed by atoms with Crippen LogP contribution in [0, 0.1) is 0 Å². The minimum absolute atomic E-state index is 0.148. The molecule has 3 aromatic carbocycles. The van der Waals surface area contributed by atoms with Crippen molar-refractivity contribution in [1.29, 1.82) is 0 Å². The fourth-order valence-corrected chi connectivity index (χ4v) is 3.78.